The van der Waals surface area contributed by atoms with Crippen LogP contribution in [0.5, 0.6) is 0 Å². The van der Waals surface area contributed by atoms with Gasteiger partial charge in [0.2, 0.25) is 0 Å². The van der Waals surface area contributed by atoms with Gasteiger partial charge in [-0.1, -0.05) is 0 Å². The van der Waals surface area contributed by atoms with Gasteiger partial charge in [-0.25, -0.2) is 0 Å². The smallest absolute Gasteiger partial charge is 0.154 e. The average Bonchev–Trinajstić information content (AvgIpc) is 2.66. The highest BCUT2D eigenvalue weighted by atomic mass is 16.3. The molecule has 0 aliphatic heterocycles. The molecule has 0 radical (unpaired) electrons. The largest absolute Gasteiger partial charge is 0.460 e. The lowest BCUT2D eigenvalue weighted by Crippen LogP contribution is -1.97. The van der Waals surface area contributed by atoms with Crippen molar-refractivity contribution in [2.24, 2.45) is 7.05 Å². The first-order valence-electron chi connectivity index (χ1n) is 4.45. The van der Waals surface area contributed by atoms with Crippen molar-refractivity contribution in [3.05, 3.63) is 23.5 Å². The van der Waals surface area contributed by atoms with Crippen LogP contribution in [-0.2, 0) is 7.05 Å². The Morgan fingerprint density at radius 1 is 1.36 bits per heavy atom. The molecule has 0 saturated heterocycles. The van der Waals surface area contributed by atoms with E-state index in [9.17, 15) is 0 Å². The molecule has 0 unspecified atom stereocenters. The molecule has 14 heavy (non-hydrogen) atoms. The van der Waals surface area contributed by atoms with Crippen LogP contribution >= 0.6 is 0 Å². The number of furan rings is 1. The molecule has 0 saturated carbocycles. The summed E-state index contributed by atoms with van der Waals surface area (Å²) in [6.07, 6.45) is 0. The van der Waals surface area contributed by atoms with Crippen molar-refractivity contribution in [2.75, 3.05) is 5.73 Å². The van der Waals surface area contributed by atoms with E-state index in [1.165, 1.54) is 0 Å². The van der Waals surface area contributed by atoms with Gasteiger partial charge >= 0.3 is 0 Å². The average molecular weight is 191 g/mol. The van der Waals surface area contributed by atoms with E-state index in [0.717, 1.165) is 22.8 Å². The molecule has 0 fully saturated rings. The molecule has 4 nitrogen and oxygen atoms in total. The fourth-order valence-electron chi connectivity index (χ4n) is 1.44. The highest BCUT2D eigenvalue weighted by molar-refractivity contribution is 5.63. The molecule has 2 N–H and O–H groups in total. The minimum atomic E-state index is 0.675. The zero-order chi connectivity index (χ0) is 10.3. The van der Waals surface area contributed by atoms with Crippen molar-refractivity contribution in [3.8, 4) is 11.5 Å². The quantitative estimate of drug-likeness (QED) is 0.748. The maximum atomic E-state index is 5.81. The number of hydrogen-bond donors (Lipinski definition) is 1. The molecule has 0 aliphatic rings. The third-order valence-electron chi connectivity index (χ3n) is 2.31. The summed E-state index contributed by atoms with van der Waals surface area (Å²) < 4.78 is 7.14. The van der Waals surface area contributed by atoms with Gasteiger partial charge in [0.1, 0.15) is 17.3 Å². The van der Waals surface area contributed by atoms with Crippen LogP contribution in [0.25, 0.3) is 11.5 Å². The van der Waals surface area contributed by atoms with Gasteiger partial charge in [0, 0.05) is 12.6 Å². The second kappa shape index (κ2) is 2.90. The zero-order valence-electron chi connectivity index (χ0n) is 8.53. The first kappa shape index (κ1) is 8.87. The molecule has 2 heterocycles. The summed E-state index contributed by atoms with van der Waals surface area (Å²) in [5, 5.41) is 4.29. The van der Waals surface area contributed by atoms with Crippen LogP contribution in [-0.4, -0.2) is 9.78 Å². The third kappa shape index (κ3) is 1.19. The highest BCUT2D eigenvalue weighted by Gasteiger charge is 2.13. The standard InChI is InChI=1S/C10H13N3O/c1-6-4-5-8(14-6)9-7(2)10(11)13(3)12-9/h4-5H,11H2,1-3H3. The van der Waals surface area contributed by atoms with Gasteiger partial charge in [-0.2, -0.15) is 5.10 Å². The maximum Gasteiger partial charge on any atom is 0.154 e. The molecule has 0 bridgehead atoms. The SMILES string of the molecule is Cc1ccc(-c2nn(C)c(N)c2C)o1. The topological polar surface area (TPSA) is 57.0 Å². The van der Waals surface area contributed by atoms with Gasteiger partial charge in [-0.3, -0.25) is 4.68 Å². The van der Waals surface area contributed by atoms with Crippen molar-refractivity contribution in [1.82, 2.24) is 9.78 Å². The number of aromatic nitrogens is 2. The van der Waals surface area contributed by atoms with Crippen molar-refractivity contribution in [1.29, 1.82) is 0 Å². The Morgan fingerprint density at radius 3 is 2.50 bits per heavy atom. The van der Waals surface area contributed by atoms with E-state index in [1.807, 2.05) is 33.0 Å². The lowest BCUT2D eigenvalue weighted by atomic mass is 10.2. The van der Waals surface area contributed by atoms with Gasteiger partial charge in [0.05, 0.1) is 0 Å². The predicted octanol–water partition coefficient (Wildman–Crippen LogP) is 1.88. The first-order chi connectivity index (χ1) is 6.59. The lowest BCUT2D eigenvalue weighted by Gasteiger charge is -1.92. The molecular weight excluding hydrogens is 178 g/mol. The maximum absolute atomic E-state index is 5.81. The zero-order valence-corrected chi connectivity index (χ0v) is 8.53. The van der Waals surface area contributed by atoms with Crippen LogP contribution in [0.15, 0.2) is 16.5 Å². The summed E-state index contributed by atoms with van der Waals surface area (Å²) in [4.78, 5) is 0. The molecule has 74 valence electrons. The van der Waals surface area contributed by atoms with Crippen molar-refractivity contribution in [3.63, 3.8) is 0 Å². The second-order valence-corrected chi connectivity index (χ2v) is 3.39. The first-order valence-corrected chi connectivity index (χ1v) is 4.45. The third-order valence-corrected chi connectivity index (χ3v) is 2.31. The van der Waals surface area contributed by atoms with Crippen LogP contribution in [0.4, 0.5) is 5.82 Å². The fraction of sp³-hybridized carbons (Fsp3) is 0.300. The molecule has 4 heteroatoms. The Labute approximate surface area is 82.3 Å². The fourth-order valence-corrected chi connectivity index (χ4v) is 1.44. The molecule has 2 aromatic rings. The van der Waals surface area contributed by atoms with E-state index < -0.39 is 0 Å². The number of nitrogens with zero attached hydrogens (tertiary/aromatic N) is 2. The summed E-state index contributed by atoms with van der Waals surface area (Å²) in [6.45, 7) is 3.85. The number of rotatable bonds is 1. The second-order valence-electron chi connectivity index (χ2n) is 3.39. The molecule has 0 amide bonds. The van der Waals surface area contributed by atoms with E-state index >= 15 is 0 Å². The van der Waals surface area contributed by atoms with E-state index in [1.54, 1.807) is 4.68 Å². The molecule has 0 spiro atoms. The van der Waals surface area contributed by atoms with Crippen molar-refractivity contribution < 1.29 is 4.42 Å². The van der Waals surface area contributed by atoms with E-state index in [2.05, 4.69) is 5.10 Å². The summed E-state index contributed by atoms with van der Waals surface area (Å²) in [6, 6.07) is 3.82. The van der Waals surface area contributed by atoms with Gasteiger partial charge in [-0.05, 0) is 26.0 Å². The normalized spacial score (nSPS) is 10.8. The van der Waals surface area contributed by atoms with Crippen molar-refractivity contribution in [2.45, 2.75) is 13.8 Å². The Bertz CT molecular complexity index is 468. The Morgan fingerprint density at radius 2 is 2.07 bits per heavy atom. The summed E-state index contributed by atoms with van der Waals surface area (Å²) >= 11 is 0. The van der Waals surface area contributed by atoms with Gasteiger partial charge < -0.3 is 10.2 Å². The Kier molecular flexibility index (Phi) is 1.84. The minimum Gasteiger partial charge on any atom is -0.460 e. The molecule has 2 rings (SSSR count). The van der Waals surface area contributed by atoms with Gasteiger partial charge in [-0.15, -0.1) is 0 Å². The summed E-state index contributed by atoms with van der Waals surface area (Å²) in [5.41, 5.74) is 7.58. The van der Waals surface area contributed by atoms with Crippen LogP contribution < -0.4 is 5.73 Å². The monoisotopic (exact) mass is 191 g/mol. The minimum absolute atomic E-state index is 0.675. The van der Waals surface area contributed by atoms with Crippen LogP contribution in [0.3, 0.4) is 0 Å². The van der Waals surface area contributed by atoms with Gasteiger partial charge in [0.15, 0.2) is 5.76 Å². The highest BCUT2D eigenvalue weighted by Crippen LogP contribution is 2.26. The van der Waals surface area contributed by atoms with Crippen molar-refractivity contribution >= 4 is 5.82 Å². The molecular formula is C10H13N3O. The molecule has 0 atom stereocenters. The Hall–Kier alpha value is -1.71. The number of hydrogen-bond acceptors (Lipinski definition) is 3. The molecule has 0 aliphatic carbocycles. The summed E-state index contributed by atoms with van der Waals surface area (Å²) in [7, 11) is 1.82. The number of anilines is 1. The summed E-state index contributed by atoms with van der Waals surface area (Å²) in [5.74, 6) is 2.32. The van der Waals surface area contributed by atoms with Gasteiger partial charge in [0.25, 0.3) is 0 Å². The number of aryl methyl sites for hydroxylation is 2. The number of nitrogen functional groups attached to an aromatic ring is 1. The van der Waals surface area contributed by atoms with Crippen LogP contribution in [0.2, 0.25) is 0 Å². The van der Waals surface area contributed by atoms with E-state index in [4.69, 9.17) is 10.2 Å². The predicted molar refractivity (Wildman–Crippen MR) is 54.8 cm³/mol. The van der Waals surface area contributed by atoms with Crippen LogP contribution in [0, 0.1) is 13.8 Å². The lowest BCUT2D eigenvalue weighted by molar-refractivity contribution is 0.544. The van der Waals surface area contributed by atoms with Crippen LogP contribution in [0.1, 0.15) is 11.3 Å². The van der Waals surface area contributed by atoms with E-state index in [-0.39, 0.29) is 0 Å². The molecule has 2 aromatic heterocycles. The van der Waals surface area contributed by atoms with E-state index in [0.29, 0.717) is 5.82 Å². The Balaban J connectivity index is 2.57. The number of nitrogens with two attached hydrogens (primary N) is 1. The molecule has 0 aromatic carbocycles.